The molecule has 30 heavy (non-hydrogen) atoms. The van der Waals surface area contributed by atoms with Crippen LogP contribution in [-0.4, -0.2) is 32.7 Å². The Morgan fingerprint density at radius 2 is 1.63 bits per heavy atom. The summed E-state index contributed by atoms with van der Waals surface area (Å²) in [5, 5.41) is 3.21. The van der Waals surface area contributed by atoms with E-state index in [1.807, 2.05) is 6.07 Å². The van der Waals surface area contributed by atoms with E-state index in [9.17, 15) is 14.0 Å². The number of rotatable bonds is 8. The van der Waals surface area contributed by atoms with Crippen LogP contribution >= 0.6 is 0 Å². The van der Waals surface area contributed by atoms with Crippen molar-refractivity contribution in [3.05, 3.63) is 82.9 Å². The Bertz CT molecular complexity index is 1010. The van der Waals surface area contributed by atoms with Crippen molar-refractivity contribution in [1.82, 2.24) is 5.32 Å². The minimum Gasteiger partial charge on any atom is -0.465 e. The zero-order chi connectivity index (χ0) is 21.5. The van der Waals surface area contributed by atoms with Gasteiger partial charge in [0.15, 0.2) is 0 Å². The van der Waals surface area contributed by atoms with Crippen LogP contribution in [0.2, 0.25) is 0 Å². The minimum atomic E-state index is -0.566. The molecule has 0 aliphatic carbocycles. The van der Waals surface area contributed by atoms with E-state index in [1.54, 1.807) is 36.4 Å². The number of ether oxygens (including phenoxy) is 2. The molecule has 7 heteroatoms. The maximum Gasteiger partial charge on any atom is 0.337 e. The zero-order valence-corrected chi connectivity index (χ0v) is 16.7. The number of esters is 2. The van der Waals surface area contributed by atoms with Crippen molar-refractivity contribution >= 4 is 11.9 Å². The molecule has 0 spiro atoms. The summed E-state index contributed by atoms with van der Waals surface area (Å²) >= 11 is 0. The Morgan fingerprint density at radius 3 is 2.27 bits per heavy atom. The molecule has 0 saturated heterocycles. The number of benzene rings is 2. The summed E-state index contributed by atoms with van der Waals surface area (Å²) in [4.78, 5) is 23.9. The molecule has 0 bridgehead atoms. The van der Waals surface area contributed by atoms with Crippen molar-refractivity contribution in [3.63, 3.8) is 0 Å². The third-order valence-corrected chi connectivity index (χ3v) is 4.55. The van der Waals surface area contributed by atoms with Crippen molar-refractivity contribution in [1.29, 1.82) is 0 Å². The monoisotopic (exact) mass is 411 g/mol. The molecular formula is C23H22FNO5. The SMILES string of the molecule is COC(=O)c1cc(C(=O)OC)cc(-c2ccc(CNCCc3ccccc3F)o2)c1. The lowest BCUT2D eigenvalue weighted by Gasteiger charge is -2.07. The number of hydrogen-bond donors (Lipinski definition) is 1. The van der Waals surface area contributed by atoms with Crippen LogP contribution in [0.1, 0.15) is 32.0 Å². The molecule has 0 saturated carbocycles. The van der Waals surface area contributed by atoms with Crippen LogP contribution in [-0.2, 0) is 22.4 Å². The van der Waals surface area contributed by atoms with Gasteiger partial charge < -0.3 is 19.2 Å². The van der Waals surface area contributed by atoms with E-state index in [1.165, 1.54) is 26.4 Å². The first-order valence-electron chi connectivity index (χ1n) is 9.36. The van der Waals surface area contributed by atoms with Gasteiger partial charge in [0.25, 0.3) is 0 Å². The lowest BCUT2D eigenvalue weighted by Crippen LogP contribution is -2.16. The molecule has 6 nitrogen and oxygen atoms in total. The number of halogens is 1. The van der Waals surface area contributed by atoms with Crippen LogP contribution in [0, 0.1) is 5.82 Å². The van der Waals surface area contributed by atoms with Gasteiger partial charge in [0.2, 0.25) is 0 Å². The first kappa shape index (κ1) is 21.3. The first-order valence-corrected chi connectivity index (χ1v) is 9.36. The number of nitrogens with one attached hydrogen (secondary N) is 1. The van der Waals surface area contributed by atoms with E-state index >= 15 is 0 Å². The molecular weight excluding hydrogens is 389 g/mol. The number of hydrogen-bond acceptors (Lipinski definition) is 6. The lowest BCUT2D eigenvalue weighted by molar-refractivity contribution is 0.0599. The average molecular weight is 411 g/mol. The van der Waals surface area contributed by atoms with Crippen molar-refractivity contribution < 1.29 is 27.9 Å². The summed E-state index contributed by atoms with van der Waals surface area (Å²) in [6.45, 7) is 1.04. The molecule has 0 atom stereocenters. The third-order valence-electron chi connectivity index (χ3n) is 4.55. The second kappa shape index (κ2) is 9.84. The molecule has 0 radical (unpaired) electrons. The van der Waals surface area contributed by atoms with Crippen LogP contribution in [0.5, 0.6) is 0 Å². The van der Waals surface area contributed by atoms with E-state index in [2.05, 4.69) is 5.32 Å². The van der Waals surface area contributed by atoms with Crippen LogP contribution < -0.4 is 5.32 Å². The molecule has 1 N–H and O–H groups in total. The van der Waals surface area contributed by atoms with Crippen molar-refractivity contribution in [2.75, 3.05) is 20.8 Å². The molecule has 0 aliphatic heterocycles. The van der Waals surface area contributed by atoms with Gasteiger partial charge in [-0.15, -0.1) is 0 Å². The van der Waals surface area contributed by atoms with Gasteiger partial charge in [-0.05, 0) is 54.9 Å². The molecule has 0 fully saturated rings. The zero-order valence-electron chi connectivity index (χ0n) is 16.7. The lowest BCUT2D eigenvalue weighted by atomic mass is 10.0. The summed E-state index contributed by atoms with van der Waals surface area (Å²) in [6.07, 6.45) is 0.559. The predicted octanol–water partition coefficient (Wildman–Crippen LogP) is 3.99. The number of furan rings is 1. The van der Waals surface area contributed by atoms with Crippen LogP contribution in [0.15, 0.2) is 59.0 Å². The van der Waals surface area contributed by atoms with Crippen LogP contribution in [0.3, 0.4) is 0 Å². The second-order valence-electron chi connectivity index (χ2n) is 6.57. The molecule has 1 aromatic heterocycles. The van der Waals surface area contributed by atoms with Gasteiger partial charge in [-0.3, -0.25) is 0 Å². The largest absolute Gasteiger partial charge is 0.465 e. The number of carbonyl (C=O) groups is 2. The maximum atomic E-state index is 13.6. The molecule has 3 aromatic rings. The average Bonchev–Trinajstić information content (AvgIpc) is 3.25. The summed E-state index contributed by atoms with van der Waals surface area (Å²) in [7, 11) is 2.54. The molecule has 0 amide bonds. The maximum absolute atomic E-state index is 13.6. The Balaban J connectivity index is 1.69. The Labute approximate surface area is 173 Å². The second-order valence-corrected chi connectivity index (χ2v) is 6.57. The van der Waals surface area contributed by atoms with E-state index in [0.29, 0.717) is 42.2 Å². The van der Waals surface area contributed by atoms with E-state index < -0.39 is 11.9 Å². The number of carbonyl (C=O) groups excluding carboxylic acids is 2. The van der Waals surface area contributed by atoms with Gasteiger partial charge in [0.05, 0.1) is 31.9 Å². The van der Waals surface area contributed by atoms with Gasteiger partial charge in [0.1, 0.15) is 17.3 Å². The van der Waals surface area contributed by atoms with Gasteiger partial charge in [-0.25, -0.2) is 14.0 Å². The van der Waals surface area contributed by atoms with Gasteiger partial charge in [0, 0.05) is 5.56 Å². The van der Waals surface area contributed by atoms with Crippen molar-refractivity contribution in [2.24, 2.45) is 0 Å². The smallest absolute Gasteiger partial charge is 0.337 e. The Morgan fingerprint density at radius 1 is 0.967 bits per heavy atom. The minimum absolute atomic E-state index is 0.216. The fourth-order valence-corrected chi connectivity index (χ4v) is 3.01. The first-order chi connectivity index (χ1) is 14.5. The highest BCUT2D eigenvalue weighted by atomic mass is 19.1. The summed E-state index contributed by atoms with van der Waals surface area (Å²) in [5.74, 6) is -0.183. The highest BCUT2D eigenvalue weighted by molar-refractivity contribution is 5.97. The van der Waals surface area contributed by atoms with E-state index in [0.717, 1.165) is 0 Å². The van der Waals surface area contributed by atoms with Crippen molar-refractivity contribution in [3.8, 4) is 11.3 Å². The summed E-state index contributed by atoms with van der Waals surface area (Å²) in [6, 6.07) is 14.8. The normalized spacial score (nSPS) is 10.6. The molecule has 0 aliphatic rings. The van der Waals surface area contributed by atoms with Gasteiger partial charge in [-0.2, -0.15) is 0 Å². The predicted molar refractivity (Wildman–Crippen MR) is 109 cm³/mol. The Kier molecular flexibility index (Phi) is 6.98. The van der Waals surface area contributed by atoms with Gasteiger partial charge in [-0.1, -0.05) is 18.2 Å². The van der Waals surface area contributed by atoms with Crippen molar-refractivity contribution in [2.45, 2.75) is 13.0 Å². The third kappa shape index (κ3) is 5.12. The quantitative estimate of drug-likeness (QED) is 0.446. The van der Waals surface area contributed by atoms with E-state index in [-0.39, 0.29) is 16.9 Å². The highest BCUT2D eigenvalue weighted by Crippen LogP contribution is 2.25. The van der Waals surface area contributed by atoms with Crippen LogP contribution in [0.4, 0.5) is 4.39 Å². The topological polar surface area (TPSA) is 77.8 Å². The molecule has 0 unspecified atom stereocenters. The number of methoxy groups -OCH3 is 2. The van der Waals surface area contributed by atoms with E-state index in [4.69, 9.17) is 13.9 Å². The summed E-state index contributed by atoms with van der Waals surface area (Å²) < 4.78 is 29.0. The standard InChI is InChI=1S/C23H22FNO5/c1-28-22(26)17-11-16(12-18(13-17)23(27)29-2)21-8-7-19(30-21)14-25-10-9-15-5-3-4-6-20(15)24/h3-8,11-13,25H,9-10,14H2,1-2H3. The molecule has 2 aromatic carbocycles. The Hall–Kier alpha value is -3.45. The molecule has 1 heterocycles. The summed E-state index contributed by atoms with van der Waals surface area (Å²) in [5.41, 5.74) is 1.64. The highest BCUT2D eigenvalue weighted by Gasteiger charge is 2.16. The van der Waals surface area contributed by atoms with Crippen LogP contribution in [0.25, 0.3) is 11.3 Å². The fourth-order valence-electron chi connectivity index (χ4n) is 3.01. The van der Waals surface area contributed by atoms with Gasteiger partial charge >= 0.3 is 11.9 Å². The fraction of sp³-hybridized carbons (Fsp3) is 0.217. The molecule has 156 valence electrons. The molecule has 3 rings (SSSR count).